The Bertz CT molecular complexity index is 732. The number of aryl methyl sites for hydroxylation is 1. The van der Waals surface area contributed by atoms with Crippen molar-refractivity contribution in [2.24, 2.45) is 0 Å². The summed E-state index contributed by atoms with van der Waals surface area (Å²) < 4.78 is 5.39. The summed E-state index contributed by atoms with van der Waals surface area (Å²) in [5.41, 5.74) is 2.03. The Labute approximate surface area is 139 Å². The quantitative estimate of drug-likeness (QED) is 0.878. The van der Waals surface area contributed by atoms with E-state index in [0.717, 1.165) is 5.56 Å². The van der Waals surface area contributed by atoms with E-state index in [1.54, 1.807) is 36.4 Å². The fourth-order valence-electron chi connectivity index (χ4n) is 1.95. The van der Waals surface area contributed by atoms with Gasteiger partial charge in [0.25, 0.3) is 5.91 Å². The van der Waals surface area contributed by atoms with Crippen LogP contribution in [0.2, 0.25) is 5.02 Å². The van der Waals surface area contributed by atoms with Crippen LogP contribution in [0.4, 0.5) is 11.4 Å². The van der Waals surface area contributed by atoms with Gasteiger partial charge in [-0.3, -0.25) is 9.59 Å². The molecule has 0 aromatic heterocycles. The second-order valence-electron chi connectivity index (χ2n) is 5.02. The summed E-state index contributed by atoms with van der Waals surface area (Å²) in [6, 6.07) is 12.2. The largest absolute Gasteiger partial charge is 0.484 e. The lowest BCUT2D eigenvalue weighted by atomic mass is 10.2. The molecule has 0 saturated heterocycles. The zero-order chi connectivity index (χ0) is 16.8. The van der Waals surface area contributed by atoms with Gasteiger partial charge in [-0.2, -0.15) is 0 Å². The van der Waals surface area contributed by atoms with E-state index in [1.165, 1.54) is 6.92 Å². The van der Waals surface area contributed by atoms with Gasteiger partial charge in [-0.25, -0.2) is 0 Å². The molecule has 0 unspecified atom stereocenters. The zero-order valence-electron chi connectivity index (χ0n) is 12.9. The van der Waals surface area contributed by atoms with Crippen LogP contribution in [-0.2, 0) is 9.59 Å². The zero-order valence-corrected chi connectivity index (χ0v) is 13.6. The van der Waals surface area contributed by atoms with E-state index in [2.05, 4.69) is 10.6 Å². The van der Waals surface area contributed by atoms with Crippen molar-refractivity contribution in [1.82, 2.24) is 0 Å². The van der Waals surface area contributed by atoms with E-state index in [0.29, 0.717) is 22.1 Å². The SMILES string of the molecule is CC(=O)Nc1ccc(C)cc1NC(=O)COc1cccc(Cl)c1. The average Bonchev–Trinajstić information content (AvgIpc) is 2.48. The maximum absolute atomic E-state index is 12.0. The van der Waals surface area contributed by atoms with Crippen LogP contribution in [0, 0.1) is 6.92 Å². The molecular formula is C17H17ClN2O3. The average molecular weight is 333 g/mol. The van der Waals surface area contributed by atoms with E-state index in [9.17, 15) is 9.59 Å². The Morgan fingerprint density at radius 2 is 1.87 bits per heavy atom. The topological polar surface area (TPSA) is 67.4 Å². The predicted molar refractivity (Wildman–Crippen MR) is 91.1 cm³/mol. The third-order valence-electron chi connectivity index (χ3n) is 2.93. The van der Waals surface area contributed by atoms with Crippen molar-refractivity contribution in [3.63, 3.8) is 0 Å². The molecule has 2 aromatic carbocycles. The molecule has 0 spiro atoms. The van der Waals surface area contributed by atoms with Gasteiger partial charge in [-0.15, -0.1) is 0 Å². The molecule has 0 radical (unpaired) electrons. The highest BCUT2D eigenvalue weighted by Crippen LogP contribution is 2.23. The van der Waals surface area contributed by atoms with E-state index in [1.807, 2.05) is 13.0 Å². The first kappa shape index (κ1) is 16.8. The summed E-state index contributed by atoms with van der Waals surface area (Å²) in [5, 5.41) is 5.94. The van der Waals surface area contributed by atoms with Crippen LogP contribution in [-0.4, -0.2) is 18.4 Å². The molecule has 120 valence electrons. The van der Waals surface area contributed by atoms with E-state index < -0.39 is 0 Å². The van der Waals surface area contributed by atoms with E-state index in [4.69, 9.17) is 16.3 Å². The molecule has 5 nitrogen and oxygen atoms in total. The van der Waals surface area contributed by atoms with E-state index in [-0.39, 0.29) is 18.4 Å². The lowest BCUT2D eigenvalue weighted by Crippen LogP contribution is -2.21. The highest BCUT2D eigenvalue weighted by Gasteiger charge is 2.09. The minimum absolute atomic E-state index is 0.159. The van der Waals surface area contributed by atoms with Gasteiger partial charge in [0, 0.05) is 11.9 Å². The summed E-state index contributed by atoms with van der Waals surface area (Å²) in [6.45, 7) is 3.15. The maximum atomic E-state index is 12.0. The lowest BCUT2D eigenvalue weighted by Gasteiger charge is -2.13. The van der Waals surface area contributed by atoms with Crippen LogP contribution in [0.15, 0.2) is 42.5 Å². The summed E-state index contributed by atoms with van der Waals surface area (Å²) in [7, 11) is 0. The van der Waals surface area contributed by atoms with Crippen LogP contribution < -0.4 is 15.4 Å². The third kappa shape index (κ3) is 5.30. The number of hydrogen-bond donors (Lipinski definition) is 2. The summed E-state index contributed by atoms with van der Waals surface area (Å²) in [4.78, 5) is 23.3. The number of rotatable bonds is 5. The molecule has 0 aliphatic rings. The van der Waals surface area contributed by atoms with Crippen molar-refractivity contribution in [2.75, 3.05) is 17.2 Å². The Morgan fingerprint density at radius 1 is 1.09 bits per heavy atom. The molecule has 0 aliphatic carbocycles. The number of nitrogens with one attached hydrogen (secondary N) is 2. The Hall–Kier alpha value is -2.53. The van der Waals surface area contributed by atoms with Crippen molar-refractivity contribution in [1.29, 1.82) is 0 Å². The normalized spacial score (nSPS) is 10.0. The Morgan fingerprint density at radius 3 is 2.57 bits per heavy atom. The molecule has 0 heterocycles. The first-order chi connectivity index (χ1) is 10.9. The van der Waals surface area contributed by atoms with Gasteiger partial charge >= 0.3 is 0 Å². The Kier molecular flexibility index (Phi) is 5.60. The number of carbonyl (C=O) groups excluding carboxylic acids is 2. The van der Waals surface area contributed by atoms with Crippen LogP contribution in [0.5, 0.6) is 5.75 Å². The van der Waals surface area contributed by atoms with Gasteiger partial charge in [0.15, 0.2) is 6.61 Å². The fraction of sp³-hybridized carbons (Fsp3) is 0.176. The number of amides is 2. The summed E-state index contributed by atoms with van der Waals surface area (Å²) in [5.74, 6) is -0.0271. The minimum atomic E-state index is -0.331. The molecular weight excluding hydrogens is 316 g/mol. The number of halogens is 1. The molecule has 0 atom stereocenters. The third-order valence-corrected chi connectivity index (χ3v) is 3.16. The standard InChI is InChI=1S/C17H17ClN2O3/c1-11-6-7-15(19-12(2)21)16(8-11)20-17(22)10-23-14-5-3-4-13(18)9-14/h3-9H,10H2,1-2H3,(H,19,21)(H,20,22). The van der Waals surface area contributed by atoms with Crippen molar-refractivity contribution in [2.45, 2.75) is 13.8 Å². The van der Waals surface area contributed by atoms with Crippen molar-refractivity contribution < 1.29 is 14.3 Å². The van der Waals surface area contributed by atoms with Gasteiger partial charge < -0.3 is 15.4 Å². The smallest absolute Gasteiger partial charge is 0.262 e. The van der Waals surface area contributed by atoms with E-state index >= 15 is 0 Å². The lowest BCUT2D eigenvalue weighted by molar-refractivity contribution is -0.118. The highest BCUT2D eigenvalue weighted by atomic mass is 35.5. The molecule has 0 fully saturated rings. The predicted octanol–water partition coefficient (Wildman–Crippen LogP) is 3.62. The molecule has 23 heavy (non-hydrogen) atoms. The molecule has 0 bridgehead atoms. The number of hydrogen-bond acceptors (Lipinski definition) is 3. The number of benzene rings is 2. The molecule has 2 amide bonds. The molecule has 0 saturated carbocycles. The van der Waals surface area contributed by atoms with Crippen LogP contribution in [0.3, 0.4) is 0 Å². The molecule has 6 heteroatoms. The van der Waals surface area contributed by atoms with Crippen LogP contribution in [0.1, 0.15) is 12.5 Å². The van der Waals surface area contributed by atoms with Gasteiger partial charge in [0.05, 0.1) is 11.4 Å². The van der Waals surface area contributed by atoms with Crippen LogP contribution >= 0.6 is 11.6 Å². The maximum Gasteiger partial charge on any atom is 0.262 e. The second kappa shape index (κ2) is 7.65. The number of carbonyl (C=O) groups is 2. The minimum Gasteiger partial charge on any atom is -0.484 e. The molecule has 0 aliphatic heterocycles. The molecule has 2 N–H and O–H groups in total. The number of anilines is 2. The van der Waals surface area contributed by atoms with Gasteiger partial charge in [0.1, 0.15) is 5.75 Å². The van der Waals surface area contributed by atoms with Crippen LogP contribution in [0.25, 0.3) is 0 Å². The van der Waals surface area contributed by atoms with Crippen molar-refractivity contribution in [3.8, 4) is 5.75 Å². The molecule has 2 aromatic rings. The highest BCUT2D eigenvalue weighted by molar-refractivity contribution is 6.30. The second-order valence-corrected chi connectivity index (χ2v) is 5.46. The fourth-order valence-corrected chi connectivity index (χ4v) is 2.13. The first-order valence-corrected chi connectivity index (χ1v) is 7.38. The van der Waals surface area contributed by atoms with Crippen molar-refractivity contribution in [3.05, 3.63) is 53.1 Å². The first-order valence-electron chi connectivity index (χ1n) is 7.00. The van der Waals surface area contributed by atoms with Gasteiger partial charge in [0.2, 0.25) is 5.91 Å². The Balaban J connectivity index is 2.02. The monoisotopic (exact) mass is 332 g/mol. The molecule has 2 rings (SSSR count). The summed E-state index contributed by atoms with van der Waals surface area (Å²) >= 11 is 5.86. The summed E-state index contributed by atoms with van der Waals surface area (Å²) in [6.07, 6.45) is 0. The van der Waals surface area contributed by atoms with Gasteiger partial charge in [-0.05, 0) is 42.8 Å². The van der Waals surface area contributed by atoms with Crippen molar-refractivity contribution >= 4 is 34.8 Å². The van der Waals surface area contributed by atoms with Gasteiger partial charge in [-0.1, -0.05) is 23.7 Å². The number of ether oxygens (including phenoxy) is 1.